The summed E-state index contributed by atoms with van der Waals surface area (Å²) in [7, 11) is 0. The molecule has 2 heterocycles. The summed E-state index contributed by atoms with van der Waals surface area (Å²) in [6.07, 6.45) is 3.42. The topological polar surface area (TPSA) is 46.4 Å². The maximum Gasteiger partial charge on any atom is 0.257 e. The second-order valence-corrected chi connectivity index (χ2v) is 7.35. The summed E-state index contributed by atoms with van der Waals surface area (Å²) in [6.45, 7) is 1.67. The average molecular weight is 450 g/mol. The standard InChI is InChI=1S/C21H12Cl2F3N3O/c1-10-14(17-9-29-5-4-11(22)6-18(29)27-17)7-12(24)8-16(10)28-21(30)13-2-3-15(25)20(26)19(13)23/h2-9H,1H3,(H,28,30). The number of nitrogens with one attached hydrogen (secondary N) is 1. The number of hydrogen-bond donors (Lipinski definition) is 1. The smallest absolute Gasteiger partial charge is 0.257 e. The number of amides is 1. The highest BCUT2D eigenvalue weighted by molar-refractivity contribution is 6.34. The molecule has 0 aliphatic carbocycles. The Morgan fingerprint density at radius 1 is 1.10 bits per heavy atom. The lowest BCUT2D eigenvalue weighted by Crippen LogP contribution is -2.15. The number of pyridine rings is 1. The van der Waals surface area contributed by atoms with E-state index in [0.29, 0.717) is 27.5 Å². The number of fused-ring (bicyclic) bond motifs is 1. The van der Waals surface area contributed by atoms with E-state index < -0.39 is 28.4 Å². The molecule has 0 saturated heterocycles. The van der Waals surface area contributed by atoms with Crippen molar-refractivity contribution in [1.29, 1.82) is 0 Å². The lowest BCUT2D eigenvalue weighted by molar-refractivity contribution is 0.102. The molecule has 0 spiro atoms. The minimum Gasteiger partial charge on any atom is -0.322 e. The van der Waals surface area contributed by atoms with Crippen molar-refractivity contribution in [2.24, 2.45) is 0 Å². The van der Waals surface area contributed by atoms with Crippen LogP contribution in [-0.4, -0.2) is 15.3 Å². The van der Waals surface area contributed by atoms with Crippen LogP contribution >= 0.6 is 23.2 Å². The Labute approximate surface area is 178 Å². The first-order chi connectivity index (χ1) is 14.2. The van der Waals surface area contributed by atoms with Gasteiger partial charge in [0.15, 0.2) is 11.6 Å². The van der Waals surface area contributed by atoms with Crippen molar-refractivity contribution in [3.63, 3.8) is 0 Å². The average Bonchev–Trinajstić information content (AvgIpc) is 3.11. The van der Waals surface area contributed by atoms with E-state index in [1.54, 1.807) is 35.9 Å². The Balaban J connectivity index is 1.74. The zero-order valence-corrected chi connectivity index (χ0v) is 16.8. The number of halogens is 5. The van der Waals surface area contributed by atoms with E-state index in [1.807, 2.05) is 0 Å². The van der Waals surface area contributed by atoms with Crippen LogP contribution in [0.3, 0.4) is 0 Å². The van der Waals surface area contributed by atoms with Crippen molar-refractivity contribution in [2.75, 3.05) is 5.32 Å². The third kappa shape index (κ3) is 3.62. The van der Waals surface area contributed by atoms with E-state index in [2.05, 4.69) is 10.3 Å². The quantitative estimate of drug-likeness (QED) is 0.373. The van der Waals surface area contributed by atoms with Gasteiger partial charge in [-0.15, -0.1) is 0 Å². The molecule has 4 aromatic rings. The normalized spacial score (nSPS) is 11.1. The second-order valence-electron chi connectivity index (χ2n) is 6.54. The van der Waals surface area contributed by atoms with E-state index in [0.717, 1.165) is 18.2 Å². The van der Waals surface area contributed by atoms with E-state index in [1.165, 1.54) is 6.07 Å². The zero-order valence-electron chi connectivity index (χ0n) is 15.3. The van der Waals surface area contributed by atoms with E-state index in [-0.39, 0.29) is 11.3 Å². The van der Waals surface area contributed by atoms with Crippen LogP contribution in [-0.2, 0) is 0 Å². The van der Waals surface area contributed by atoms with Crippen LogP contribution in [0.2, 0.25) is 10.0 Å². The Kier molecular flexibility index (Phi) is 5.17. The maximum absolute atomic E-state index is 14.3. The predicted molar refractivity (Wildman–Crippen MR) is 110 cm³/mol. The van der Waals surface area contributed by atoms with Gasteiger partial charge in [-0.25, -0.2) is 18.2 Å². The van der Waals surface area contributed by atoms with Crippen LogP contribution < -0.4 is 5.32 Å². The molecule has 0 atom stereocenters. The van der Waals surface area contributed by atoms with Crippen molar-refractivity contribution in [2.45, 2.75) is 6.92 Å². The number of aromatic nitrogens is 2. The molecule has 4 nitrogen and oxygen atoms in total. The van der Waals surface area contributed by atoms with Gasteiger partial charge in [0, 0.05) is 34.7 Å². The maximum atomic E-state index is 14.3. The number of nitrogens with zero attached hydrogens (tertiary/aromatic N) is 2. The first-order valence-electron chi connectivity index (χ1n) is 8.64. The van der Waals surface area contributed by atoms with Gasteiger partial charge in [-0.05, 0) is 42.8 Å². The molecule has 9 heteroatoms. The summed E-state index contributed by atoms with van der Waals surface area (Å²) in [4.78, 5) is 17.0. The molecule has 30 heavy (non-hydrogen) atoms. The summed E-state index contributed by atoms with van der Waals surface area (Å²) in [5, 5.41) is 2.35. The summed E-state index contributed by atoms with van der Waals surface area (Å²) in [5.41, 5.74) is 1.88. The fraction of sp³-hybridized carbons (Fsp3) is 0.0476. The number of benzene rings is 2. The van der Waals surface area contributed by atoms with Gasteiger partial charge in [-0.3, -0.25) is 4.79 Å². The molecule has 1 N–H and O–H groups in total. The molecule has 0 unspecified atom stereocenters. The minimum atomic E-state index is -1.33. The van der Waals surface area contributed by atoms with E-state index in [9.17, 15) is 18.0 Å². The van der Waals surface area contributed by atoms with Crippen LogP contribution in [0.15, 0.2) is 48.8 Å². The third-order valence-electron chi connectivity index (χ3n) is 4.60. The second kappa shape index (κ2) is 7.66. The van der Waals surface area contributed by atoms with Crippen molar-refractivity contribution in [1.82, 2.24) is 9.38 Å². The molecule has 0 aliphatic rings. The SMILES string of the molecule is Cc1c(NC(=O)c2ccc(F)c(F)c2Cl)cc(F)cc1-c1cn2ccc(Cl)cc2n1. The highest BCUT2D eigenvalue weighted by atomic mass is 35.5. The highest BCUT2D eigenvalue weighted by Crippen LogP contribution is 2.31. The first-order valence-corrected chi connectivity index (χ1v) is 9.40. The number of rotatable bonds is 3. The Bertz CT molecular complexity index is 1320. The van der Waals surface area contributed by atoms with Gasteiger partial charge in [0.05, 0.1) is 16.3 Å². The fourth-order valence-electron chi connectivity index (χ4n) is 3.05. The number of hydrogen-bond acceptors (Lipinski definition) is 2. The van der Waals surface area contributed by atoms with Crippen LogP contribution in [0.4, 0.5) is 18.9 Å². The first kappa shape index (κ1) is 20.3. The van der Waals surface area contributed by atoms with E-state index >= 15 is 0 Å². The molecule has 2 aromatic heterocycles. The van der Waals surface area contributed by atoms with Gasteiger partial charge in [0.25, 0.3) is 5.91 Å². The number of anilines is 1. The highest BCUT2D eigenvalue weighted by Gasteiger charge is 2.19. The minimum absolute atomic E-state index is 0.144. The zero-order chi connectivity index (χ0) is 21.6. The predicted octanol–water partition coefficient (Wildman–Crippen LogP) is 6.29. The van der Waals surface area contributed by atoms with Gasteiger partial charge >= 0.3 is 0 Å². The number of carbonyl (C=O) groups excluding carboxylic acids is 1. The Hall–Kier alpha value is -3.03. The van der Waals surface area contributed by atoms with Crippen molar-refractivity contribution < 1.29 is 18.0 Å². The molecule has 0 aliphatic heterocycles. The lowest BCUT2D eigenvalue weighted by Gasteiger charge is -2.13. The van der Waals surface area contributed by atoms with Crippen LogP contribution in [0.5, 0.6) is 0 Å². The molecule has 0 bridgehead atoms. The number of imidazole rings is 1. The van der Waals surface area contributed by atoms with Crippen LogP contribution in [0.1, 0.15) is 15.9 Å². The third-order valence-corrected chi connectivity index (χ3v) is 5.20. The van der Waals surface area contributed by atoms with Gasteiger partial charge in [-0.2, -0.15) is 0 Å². The molecular weight excluding hydrogens is 438 g/mol. The molecule has 152 valence electrons. The van der Waals surface area contributed by atoms with Crippen LogP contribution in [0.25, 0.3) is 16.9 Å². The molecular formula is C21H12Cl2F3N3O. The van der Waals surface area contributed by atoms with Crippen molar-refractivity contribution >= 4 is 40.4 Å². The molecule has 2 aromatic carbocycles. The fourth-order valence-corrected chi connectivity index (χ4v) is 3.45. The Morgan fingerprint density at radius 3 is 2.63 bits per heavy atom. The van der Waals surface area contributed by atoms with Crippen molar-refractivity contribution in [3.05, 3.63) is 87.4 Å². The summed E-state index contributed by atoms with van der Waals surface area (Å²) >= 11 is 11.7. The summed E-state index contributed by atoms with van der Waals surface area (Å²) < 4.78 is 43.0. The van der Waals surface area contributed by atoms with Gasteiger partial charge in [0.2, 0.25) is 0 Å². The number of carbonyl (C=O) groups is 1. The molecule has 4 rings (SSSR count). The van der Waals surface area contributed by atoms with E-state index in [4.69, 9.17) is 23.2 Å². The molecule has 0 fully saturated rings. The van der Waals surface area contributed by atoms with Gasteiger partial charge < -0.3 is 9.72 Å². The Morgan fingerprint density at radius 2 is 1.87 bits per heavy atom. The van der Waals surface area contributed by atoms with Crippen LogP contribution in [0, 0.1) is 24.4 Å². The summed E-state index contributed by atoms with van der Waals surface area (Å²) in [6, 6.07) is 7.61. The molecule has 0 radical (unpaired) electrons. The summed E-state index contributed by atoms with van der Waals surface area (Å²) in [5.74, 6) is -3.92. The molecule has 0 saturated carbocycles. The van der Waals surface area contributed by atoms with Gasteiger partial charge in [-0.1, -0.05) is 23.2 Å². The largest absolute Gasteiger partial charge is 0.322 e. The molecule has 1 amide bonds. The van der Waals surface area contributed by atoms with Crippen molar-refractivity contribution in [3.8, 4) is 11.3 Å². The lowest BCUT2D eigenvalue weighted by atomic mass is 10.0. The monoisotopic (exact) mass is 449 g/mol. The van der Waals surface area contributed by atoms with Gasteiger partial charge in [0.1, 0.15) is 11.5 Å².